The van der Waals surface area contributed by atoms with Crippen molar-refractivity contribution in [2.75, 3.05) is 6.61 Å². The van der Waals surface area contributed by atoms with Gasteiger partial charge in [-0.15, -0.1) is 0 Å². The fourth-order valence-electron chi connectivity index (χ4n) is 4.72. The summed E-state index contributed by atoms with van der Waals surface area (Å²) in [7, 11) is 0. The highest BCUT2D eigenvalue weighted by Gasteiger charge is 2.37. The van der Waals surface area contributed by atoms with Gasteiger partial charge in [0.2, 0.25) is 0 Å². The Labute approximate surface area is 201 Å². The number of halogens is 1. The van der Waals surface area contributed by atoms with Gasteiger partial charge in [-0.05, 0) is 46.9 Å². The molecule has 34 heavy (non-hydrogen) atoms. The Morgan fingerprint density at radius 3 is 2.35 bits per heavy atom. The SMILES string of the molecule is C[C@@](Cc1c[nH]c2cc(Cl)ccc12)(NC(=O)OCC1c2ccccc2-c2ccccc21)C(=O)O. The van der Waals surface area contributed by atoms with Gasteiger partial charge in [-0.1, -0.05) is 66.2 Å². The Bertz CT molecular complexity index is 1370. The van der Waals surface area contributed by atoms with Crippen LogP contribution in [-0.2, 0) is 16.0 Å². The van der Waals surface area contributed by atoms with Crippen molar-refractivity contribution in [3.8, 4) is 11.1 Å². The molecule has 0 spiro atoms. The van der Waals surface area contributed by atoms with E-state index < -0.39 is 17.6 Å². The molecule has 1 amide bonds. The van der Waals surface area contributed by atoms with Crippen molar-refractivity contribution in [3.63, 3.8) is 0 Å². The highest BCUT2D eigenvalue weighted by molar-refractivity contribution is 6.31. The molecule has 0 unspecified atom stereocenters. The van der Waals surface area contributed by atoms with Gasteiger partial charge in [0.25, 0.3) is 0 Å². The number of H-pyrrole nitrogens is 1. The lowest BCUT2D eigenvalue weighted by Crippen LogP contribution is -2.54. The van der Waals surface area contributed by atoms with E-state index in [9.17, 15) is 14.7 Å². The van der Waals surface area contributed by atoms with Crippen molar-refractivity contribution in [1.82, 2.24) is 10.3 Å². The number of aromatic amines is 1. The number of aromatic nitrogens is 1. The van der Waals surface area contributed by atoms with E-state index in [0.717, 1.165) is 38.7 Å². The number of alkyl carbamates (subject to hydrolysis) is 1. The molecule has 1 atom stereocenters. The van der Waals surface area contributed by atoms with Crippen LogP contribution in [0.3, 0.4) is 0 Å². The van der Waals surface area contributed by atoms with Crippen molar-refractivity contribution >= 4 is 34.6 Å². The number of carboxylic acid groups (broad SMARTS) is 1. The molecule has 0 radical (unpaired) electrons. The summed E-state index contributed by atoms with van der Waals surface area (Å²) in [6.07, 6.45) is 1.05. The molecule has 3 aromatic carbocycles. The highest BCUT2D eigenvalue weighted by atomic mass is 35.5. The van der Waals surface area contributed by atoms with E-state index in [1.54, 1.807) is 18.3 Å². The Morgan fingerprint density at radius 1 is 1.06 bits per heavy atom. The number of nitrogens with one attached hydrogen (secondary N) is 2. The third-order valence-corrected chi connectivity index (χ3v) is 6.70. The molecule has 5 rings (SSSR count). The Kier molecular flexibility index (Phi) is 5.54. The number of carbonyl (C=O) groups excluding carboxylic acids is 1. The molecule has 6 nitrogen and oxygen atoms in total. The number of rotatable bonds is 6. The van der Waals surface area contributed by atoms with Gasteiger partial charge < -0.3 is 20.1 Å². The average Bonchev–Trinajstić information content (AvgIpc) is 3.35. The third-order valence-electron chi connectivity index (χ3n) is 6.47. The van der Waals surface area contributed by atoms with Crippen molar-refractivity contribution < 1.29 is 19.4 Å². The smallest absolute Gasteiger partial charge is 0.408 e. The van der Waals surface area contributed by atoms with Crippen molar-refractivity contribution in [2.45, 2.75) is 24.8 Å². The minimum atomic E-state index is -1.56. The van der Waals surface area contributed by atoms with Crippen LogP contribution in [0.2, 0.25) is 5.02 Å². The molecule has 1 aliphatic rings. The van der Waals surface area contributed by atoms with Crippen molar-refractivity contribution in [3.05, 3.63) is 94.6 Å². The van der Waals surface area contributed by atoms with E-state index in [1.807, 2.05) is 42.5 Å². The van der Waals surface area contributed by atoms with Crippen LogP contribution >= 0.6 is 11.6 Å². The van der Waals surface area contributed by atoms with Gasteiger partial charge in [0.1, 0.15) is 12.1 Å². The summed E-state index contributed by atoms with van der Waals surface area (Å²) in [5.41, 5.74) is 4.44. The predicted molar refractivity (Wildman–Crippen MR) is 131 cm³/mol. The van der Waals surface area contributed by atoms with Crippen LogP contribution < -0.4 is 5.32 Å². The summed E-state index contributed by atoms with van der Waals surface area (Å²) in [6, 6.07) is 21.5. The standard InChI is InChI=1S/C27H23ClN2O4/c1-27(25(31)32,13-16-14-29-24-12-17(28)10-11-18(16)24)30-26(33)34-15-23-21-8-4-2-6-19(21)20-7-3-5-9-22(20)23/h2-12,14,23,29H,13,15H2,1H3,(H,30,33)(H,31,32)/t27-/m0/s1. The largest absolute Gasteiger partial charge is 0.480 e. The van der Waals surface area contributed by atoms with E-state index in [0.29, 0.717) is 5.02 Å². The maximum atomic E-state index is 12.8. The lowest BCUT2D eigenvalue weighted by Gasteiger charge is -2.26. The molecule has 0 aliphatic heterocycles. The number of amides is 1. The van der Waals surface area contributed by atoms with Gasteiger partial charge in [-0.3, -0.25) is 0 Å². The van der Waals surface area contributed by atoms with Gasteiger partial charge in [0.15, 0.2) is 0 Å². The van der Waals surface area contributed by atoms with Gasteiger partial charge in [-0.2, -0.15) is 0 Å². The van der Waals surface area contributed by atoms with E-state index >= 15 is 0 Å². The first-order valence-electron chi connectivity index (χ1n) is 11.0. The van der Waals surface area contributed by atoms with Crippen molar-refractivity contribution in [1.29, 1.82) is 0 Å². The fraction of sp³-hybridized carbons (Fsp3) is 0.185. The zero-order valence-electron chi connectivity index (χ0n) is 18.5. The zero-order chi connectivity index (χ0) is 23.9. The van der Waals surface area contributed by atoms with Crippen LogP contribution in [0.4, 0.5) is 4.79 Å². The molecular formula is C27H23ClN2O4. The predicted octanol–water partition coefficient (Wildman–Crippen LogP) is 5.75. The molecule has 7 heteroatoms. The number of fused-ring (bicyclic) bond motifs is 4. The topological polar surface area (TPSA) is 91.4 Å². The minimum absolute atomic E-state index is 0.0775. The van der Waals surface area contributed by atoms with Crippen LogP contribution in [-0.4, -0.2) is 34.3 Å². The van der Waals surface area contributed by atoms with E-state index in [4.69, 9.17) is 16.3 Å². The Balaban J connectivity index is 1.32. The second-order valence-electron chi connectivity index (χ2n) is 8.77. The summed E-state index contributed by atoms with van der Waals surface area (Å²) in [5.74, 6) is -1.25. The second-order valence-corrected chi connectivity index (χ2v) is 9.20. The molecule has 0 fully saturated rings. The number of ether oxygens (including phenoxy) is 1. The Morgan fingerprint density at radius 2 is 1.71 bits per heavy atom. The molecule has 1 aromatic heterocycles. The number of hydrogen-bond donors (Lipinski definition) is 3. The van der Waals surface area contributed by atoms with E-state index in [-0.39, 0.29) is 18.9 Å². The monoisotopic (exact) mass is 474 g/mol. The first kappa shape index (κ1) is 22.0. The molecule has 172 valence electrons. The number of carbonyl (C=O) groups is 2. The zero-order valence-corrected chi connectivity index (χ0v) is 19.2. The second kappa shape index (κ2) is 8.54. The van der Waals surface area contributed by atoms with Crippen LogP contribution in [0.25, 0.3) is 22.0 Å². The summed E-state index contributed by atoms with van der Waals surface area (Å²) >= 11 is 6.04. The van der Waals surface area contributed by atoms with E-state index in [1.165, 1.54) is 6.92 Å². The highest BCUT2D eigenvalue weighted by Crippen LogP contribution is 2.44. The molecule has 3 N–H and O–H groups in total. The van der Waals surface area contributed by atoms with E-state index in [2.05, 4.69) is 22.4 Å². The maximum absolute atomic E-state index is 12.8. The summed E-state index contributed by atoms with van der Waals surface area (Å²) in [4.78, 5) is 28.0. The van der Waals surface area contributed by atoms with Gasteiger partial charge in [-0.25, -0.2) is 9.59 Å². The number of hydrogen-bond acceptors (Lipinski definition) is 3. The van der Waals surface area contributed by atoms with Crippen LogP contribution in [0.15, 0.2) is 72.9 Å². The molecule has 4 aromatic rings. The molecule has 1 heterocycles. The first-order valence-corrected chi connectivity index (χ1v) is 11.4. The fourth-order valence-corrected chi connectivity index (χ4v) is 4.89. The van der Waals surface area contributed by atoms with Gasteiger partial charge in [0, 0.05) is 34.5 Å². The molecule has 0 saturated heterocycles. The van der Waals surface area contributed by atoms with Crippen molar-refractivity contribution in [2.24, 2.45) is 0 Å². The van der Waals surface area contributed by atoms with Crippen LogP contribution in [0.1, 0.15) is 29.5 Å². The molecule has 0 bridgehead atoms. The summed E-state index contributed by atoms with van der Waals surface area (Å²) < 4.78 is 5.57. The maximum Gasteiger partial charge on any atom is 0.408 e. The minimum Gasteiger partial charge on any atom is -0.480 e. The number of carboxylic acids is 1. The summed E-state index contributed by atoms with van der Waals surface area (Å²) in [6.45, 7) is 1.59. The first-order chi connectivity index (χ1) is 16.4. The number of aliphatic carboxylic acids is 1. The molecule has 0 saturated carbocycles. The molecule has 1 aliphatic carbocycles. The van der Waals surface area contributed by atoms with Gasteiger partial charge >= 0.3 is 12.1 Å². The van der Waals surface area contributed by atoms with Crippen LogP contribution in [0.5, 0.6) is 0 Å². The Hall–Kier alpha value is -3.77. The summed E-state index contributed by atoms with van der Waals surface area (Å²) in [5, 5.41) is 13.9. The lowest BCUT2D eigenvalue weighted by molar-refractivity contribution is -0.143. The molecular weight excluding hydrogens is 452 g/mol. The normalized spacial score (nSPS) is 14.3. The van der Waals surface area contributed by atoms with Crippen LogP contribution in [0, 0.1) is 0 Å². The third kappa shape index (κ3) is 3.90. The lowest BCUT2D eigenvalue weighted by atomic mass is 9.93. The average molecular weight is 475 g/mol. The number of benzene rings is 3. The van der Waals surface area contributed by atoms with Gasteiger partial charge in [0.05, 0.1) is 0 Å². The quantitative estimate of drug-likeness (QED) is 0.332.